The van der Waals surface area contributed by atoms with E-state index in [1.807, 2.05) is 19.9 Å². The molecule has 0 saturated heterocycles. The van der Waals surface area contributed by atoms with Gasteiger partial charge in [0.1, 0.15) is 28.8 Å². The minimum atomic E-state index is -0.900. The van der Waals surface area contributed by atoms with E-state index in [1.165, 1.54) is 7.11 Å². The Morgan fingerprint density at radius 2 is 1.68 bits per heavy atom. The van der Waals surface area contributed by atoms with E-state index in [1.54, 1.807) is 36.4 Å². The number of hydrogen-bond donors (Lipinski definition) is 1. The van der Waals surface area contributed by atoms with Gasteiger partial charge in [-0.2, -0.15) is 0 Å². The molecule has 1 aliphatic heterocycles. The number of aryl methyl sites for hydroxylation is 1. The fourth-order valence-corrected chi connectivity index (χ4v) is 3.73. The normalized spacial score (nSPS) is 13.5. The van der Waals surface area contributed by atoms with Crippen molar-refractivity contribution in [3.63, 3.8) is 0 Å². The number of amides is 2. The highest BCUT2D eigenvalue weighted by atomic mass is 19.1. The first-order valence-electron chi connectivity index (χ1n) is 10.6. The van der Waals surface area contributed by atoms with Crippen LogP contribution in [0.2, 0.25) is 0 Å². The number of halogens is 2. The van der Waals surface area contributed by atoms with Gasteiger partial charge in [-0.25, -0.2) is 13.7 Å². The molecule has 174 valence electrons. The molecule has 2 amide bonds. The van der Waals surface area contributed by atoms with E-state index in [9.17, 15) is 18.4 Å². The number of imide groups is 1. The van der Waals surface area contributed by atoms with Crippen LogP contribution in [0.15, 0.2) is 66.4 Å². The van der Waals surface area contributed by atoms with E-state index in [-0.39, 0.29) is 11.3 Å². The number of carbonyl (C=O) groups is 2. The van der Waals surface area contributed by atoms with Crippen LogP contribution in [0, 0.1) is 18.6 Å². The molecule has 0 fully saturated rings. The average Bonchev–Trinajstić information content (AvgIpc) is 3.06. The molecule has 0 saturated carbocycles. The van der Waals surface area contributed by atoms with Crippen LogP contribution in [0.4, 0.5) is 20.2 Å². The van der Waals surface area contributed by atoms with E-state index in [4.69, 9.17) is 9.47 Å². The standard InChI is InChI=1S/C26H22F2N2O4/c1-4-34-18-9-6-16(7-10-18)23-24(29-20-13-15(2)5-12-22(20)33-3)26(32)30(25(23)31)21-14-17(27)8-11-19(21)28/h5-14,29H,4H2,1-3H3. The molecular formula is C26H22F2N2O4. The second kappa shape index (κ2) is 9.35. The third-order valence-electron chi connectivity index (χ3n) is 5.30. The molecule has 6 nitrogen and oxygen atoms in total. The predicted molar refractivity (Wildman–Crippen MR) is 125 cm³/mol. The Balaban J connectivity index is 1.86. The molecule has 0 spiro atoms. The zero-order valence-corrected chi connectivity index (χ0v) is 18.8. The molecule has 4 rings (SSSR count). The minimum absolute atomic E-state index is 0.0141. The molecular weight excluding hydrogens is 442 g/mol. The summed E-state index contributed by atoms with van der Waals surface area (Å²) in [5.74, 6) is -2.24. The first-order chi connectivity index (χ1) is 16.3. The maximum atomic E-state index is 14.6. The average molecular weight is 464 g/mol. The fourth-order valence-electron chi connectivity index (χ4n) is 3.73. The number of methoxy groups -OCH3 is 1. The molecule has 8 heteroatoms. The monoisotopic (exact) mass is 464 g/mol. The van der Waals surface area contributed by atoms with Gasteiger partial charge in [0.05, 0.1) is 30.7 Å². The molecule has 0 atom stereocenters. The number of carbonyl (C=O) groups excluding carboxylic acids is 2. The van der Waals surface area contributed by atoms with Gasteiger partial charge in [-0.05, 0) is 61.4 Å². The molecule has 3 aromatic carbocycles. The SMILES string of the molecule is CCOc1ccc(C2=C(Nc3cc(C)ccc3OC)C(=O)N(c3cc(F)ccc3F)C2=O)cc1. The minimum Gasteiger partial charge on any atom is -0.495 e. The summed E-state index contributed by atoms with van der Waals surface area (Å²) in [5, 5.41) is 3.00. The Bertz CT molecular complexity index is 1300. The Labute approximate surface area is 195 Å². The lowest BCUT2D eigenvalue weighted by Crippen LogP contribution is -2.33. The first-order valence-corrected chi connectivity index (χ1v) is 10.6. The summed E-state index contributed by atoms with van der Waals surface area (Å²) in [5.41, 5.74) is 1.21. The summed E-state index contributed by atoms with van der Waals surface area (Å²) in [7, 11) is 1.48. The molecule has 1 heterocycles. The zero-order chi connectivity index (χ0) is 24.4. The van der Waals surface area contributed by atoms with Crippen LogP contribution in [0.5, 0.6) is 11.5 Å². The highest BCUT2D eigenvalue weighted by Gasteiger charge is 2.41. The van der Waals surface area contributed by atoms with Crippen LogP contribution in [0.25, 0.3) is 5.57 Å². The number of ether oxygens (including phenoxy) is 2. The van der Waals surface area contributed by atoms with Crippen molar-refractivity contribution in [2.24, 2.45) is 0 Å². The van der Waals surface area contributed by atoms with E-state index in [0.717, 1.165) is 23.8 Å². The summed E-state index contributed by atoms with van der Waals surface area (Å²) in [6.07, 6.45) is 0. The van der Waals surface area contributed by atoms with Crippen LogP contribution in [-0.4, -0.2) is 25.5 Å². The number of rotatable bonds is 7. The number of nitrogens with one attached hydrogen (secondary N) is 1. The molecule has 0 aromatic heterocycles. The van der Waals surface area contributed by atoms with Crippen molar-refractivity contribution in [1.82, 2.24) is 0 Å². The third-order valence-corrected chi connectivity index (χ3v) is 5.30. The number of nitrogens with zero attached hydrogens (tertiary/aromatic N) is 1. The third kappa shape index (κ3) is 4.22. The van der Waals surface area contributed by atoms with Gasteiger partial charge in [0.15, 0.2) is 0 Å². The van der Waals surface area contributed by atoms with Crippen molar-refractivity contribution in [3.8, 4) is 11.5 Å². The number of hydrogen-bond acceptors (Lipinski definition) is 5. The lowest BCUT2D eigenvalue weighted by Gasteiger charge is -2.17. The van der Waals surface area contributed by atoms with Crippen LogP contribution < -0.4 is 19.7 Å². The highest BCUT2D eigenvalue weighted by molar-refractivity contribution is 6.46. The van der Waals surface area contributed by atoms with Gasteiger partial charge in [-0.15, -0.1) is 0 Å². The largest absolute Gasteiger partial charge is 0.495 e. The topological polar surface area (TPSA) is 67.9 Å². The summed E-state index contributed by atoms with van der Waals surface area (Å²) >= 11 is 0. The van der Waals surface area contributed by atoms with Crippen molar-refractivity contribution < 1.29 is 27.8 Å². The van der Waals surface area contributed by atoms with Gasteiger partial charge in [0.25, 0.3) is 11.8 Å². The van der Waals surface area contributed by atoms with Gasteiger partial charge < -0.3 is 14.8 Å². The molecule has 0 aliphatic carbocycles. The fraction of sp³-hybridized carbons (Fsp3) is 0.154. The predicted octanol–water partition coefficient (Wildman–Crippen LogP) is 5.08. The van der Waals surface area contributed by atoms with E-state index in [2.05, 4.69) is 5.32 Å². The van der Waals surface area contributed by atoms with Gasteiger partial charge in [0.2, 0.25) is 0 Å². The quantitative estimate of drug-likeness (QED) is 0.494. The van der Waals surface area contributed by atoms with Crippen LogP contribution in [-0.2, 0) is 9.59 Å². The summed E-state index contributed by atoms with van der Waals surface area (Å²) < 4.78 is 39.3. The molecule has 1 aliphatic rings. The van der Waals surface area contributed by atoms with Gasteiger partial charge in [-0.1, -0.05) is 18.2 Å². The summed E-state index contributed by atoms with van der Waals surface area (Å²) in [6.45, 7) is 4.17. The van der Waals surface area contributed by atoms with Crippen molar-refractivity contribution in [2.75, 3.05) is 23.9 Å². The molecule has 0 unspecified atom stereocenters. The second-order valence-corrected chi connectivity index (χ2v) is 7.58. The molecule has 34 heavy (non-hydrogen) atoms. The smallest absolute Gasteiger partial charge is 0.282 e. The van der Waals surface area contributed by atoms with E-state index >= 15 is 0 Å². The first kappa shape index (κ1) is 23.0. The van der Waals surface area contributed by atoms with Crippen LogP contribution in [0.1, 0.15) is 18.1 Å². The maximum Gasteiger partial charge on any atom is 0.282 e. The lowest BCUT2D eigenvalue weighted by atomic mass is 10.0. The maximum absolute atomic E-state index is 14.6. The van der Waals surface area contributed by atoms with Crippen molar-refractivity contribution >= 4 is 28.8 Å². The van der Waals surface area contributed by atoms with Crippen LogP contribution >= 0.6 is 0 Å². The molecule has 3 aromatic rings. The van der Waals surface area contributed by atoms with Crippen molar-refractivity contribution in [3.05, 3.63) is 89.1 Å². The van der Waals surface area contributed by atoms with Gasteiger partial charge in [0, 0.05) is 6.07 Å². The van der Waals surface area contributed by atoms with Crippen molar-refractivity contribution in [2.45, 2.75) is 13.8 Å². The van der Waals surface area contributed by atoms with Gasteiger partial charge >= 0.3 is 0 Å². The Hall–Kier alpha value is -4.20. The van der Waals surface area contributed by atoms with E-state index < -0.39 is 29.1 Å². The Morgan fingerprint density at radius 1 is 0.941 bits per heavy atom. The molecule has 1 N–H and O–H groups in total. The summed E-state index contributed by atoms with van der Waals surface area (Å²) in [4.78, 5) is 27.6. The zero-order valence-electron chi connectivity index (χ0n) is 18.8. The second-order valence-electron chi connectivity index (χ2n) is 7.58. The number of anilines is 2. The molecule has 0 radical (unpaired) electrons. The van der Waals surface area contributed by atoms with Crippen LogP contribution in [0.3, 0.4) is 0 Å². The lowest BCUT2D eigenvalue weighted by molar-refractivity contribution is -0.120. The highest BCUT2D eigenvalue weighted by Crippen LogP contribution is 2.37. The Morgan fingerprint density at radius 3 is 2.35 bits per heavy atom. The van der Waals surface area contributed by atoms with Gasteiger partial charge in [-0.3, -0.25) is 9.59 Å². The van der Waals surface area contributed by atoms with E-state index in [0.29, 0.717) is 34.3 Å². The molecule has 0 bridgehead atoms. The van der Waals surface area contributed by atoms with Crippen molar-refractivity contribution in [1.29, 1.82) is 0 Å². The number of benzene rings is 3. The summed E-state index contributed by atoms with van der Waals surface area (Å²) in [6, 6.07) is 14.5. The Kier molecular flexibility index (Phi) is 6.32.